The molecule has 2 aromatic rings. The topological polar surface area (TPSA) is 93.5 Å². The molecule has 2 unspecified atom stereocenters. The number of aromatic nitrogens is 2. The van der Waals surface area contributed by atoms with E-state index in [0.29, 0.717) is 0 Å². The highest BCUT2D eigenvalue weighted by Crippen LogP contribution is 2.17. The van der Waals surface area contributed by atoms with E-state index >= 15 is 0 Å². The highest BCUT2D eigenvalue weighted by molar-refractivity contribution is 5.80. The molecule has 7 heteroatoms. The molecule has 1 aromatic heterocycles. The molecular weight excluding hydrogens is 322 g/mol. The average Bonchev–Trinajstić information content (AvgIpc) is 3.08. The molecule has 25 heavy (non-hydrogen) atoms. The highest BCUT2D eigenvalue weighted by Gasteiger charge is 2.29. The Labute approximate surface area is 146 Å². The quantitative estimate of drug-likeness (QED) is 0.805. The van der Waals surface area contributed by atoms with Gasteiger partial charge in [-0.1, -0.05) is 44.2 Å². The molecule has 134 valence electrons. The Balaban J connectivity index is 1.99. The Morgan fingerprint density at radius 1 is 1.24 bits per heavy atom. The van der Waals surface area contributed by atoms with Gasteiger partial charge in [-0.3, -0.25) is 4.68 Å². The van der Waals surface area contributed by atoms with Crippen LogP contribution in [0.1, 0.15) is 43.9 Å². The summed E-state index contributed by atoms with van der Waals surface area (Å²) in [6.45, 7) is 5.82. The van der Waals surface area contributed by atoms with Crippen molar-refractivity contribution in [3.05, 3.63) is 53.9 Å². The number of hydrogen-bond acceptors (Lipinski definition) is 4. The number of ether oxygens (including phenoxy) is 1. The minimum absolute atomic E-state index is 0.0761. The third kappa shape index (κ3) is 5.07. The van der Waals surface area contributed by atoms with Crippen molar-refractivity contribution in [3.63, 3.8) is 0 Å². The summed E-state index contributed by atoms with van der Waals surface area (Å²) < 4.78 is 6.64. The maximum atomic E-state index is 12.0. The van der Waals surface area contributed by atoms with E-state index in [1.54, 1.807) is 24.0 Å². The average molecular weight is 345 g/mol. The minimum Gasteiger partial charge on any atom is -0.480 e. The van der Waals surface area contributed by atoms with E-state index in [4.69, 9.17) is 4.74 Å². The van der Waals surface area contributed by atoms with Gasteiger partial charge in [0.15, 0.2) is 6.04 Å². The Bertz CT molecular complexity index is 712. The van der Waals surface area contributed by atoms with Crippen LogP contribution in [0.2, 0.25) is 0 Å². The molecule has 2 N–H and O–H groups in total. The lowest BCUT2D eigenvalue weighted by molar-refractivity contribution is -0.140. The van der Waals surface area contributed by atoms with Crippen LogP contribution in [0.15, 0.2) is 42.7 Å². The van der Waals surface area contributed by atoms with Crippen LogP contribution in [0, 0.1) is 0 Å². The molecule has 0 radical (unpaired) electrons. The zero-order valence-corrected chi connectivity index (χ0v) is 14.5. The summed E-state index contributed by atoms with van der Waals surface area (Å²) in [7, 11) is 0. The van der Waals surface area contributed by atoms with Crippen LogP contribution in [0.4, 0.5) is 4.79 Å². The van der Waals surface area contributed by atoms with Gasteiger partial charge in [-0.05, 0) is 24.0 Å². The maximum absolute atomic E-state index is 12.0. The van der Waals surface area contributed by atoms with Gasteiger partial charge in [0.2, 0.25) is 0 Å². The van der Waals surface area contributed by atoms with Crippen LogP contribution >= 0.6 is 0 Å². The third-order valence-electron chi connectivity index (χ3n) is 3.94. The van der Waals surface area contributed by atoms with Crippen molar-refractivity contribution in [3.8, 4) is 0 Å². The third-order valence-corrected chi connectivity index (χ3v) is 3.94. The molecule has 0 spiro atoms. The second-order valence-electron chi connectivity index (χ2n) is 6.17. The number of rotatable bonds is 7. The first-order chi connectivity index (χ1) is 11.9. The van der Waals surface area contributed by atoms with E-state index in [1.807, 2.05) is 44.2 Å². The van der Waals surface area contributed by atoms with Gasteiger partial charge < -0.3 is 15.2 Å². The summed E-state index contributed by atoms with van der Waals surface area (Å²) in [5.41, 5.74) is 1.83. The maximum Gasteiger partial charge on any atom is 0.408 e. The predicted octanol–water partition coefficient (Wildman–Crippen LogP) is 2.95. The lowest BCUT2D eigenvalue weighted by Gasteiger charge is -2.21. The molecule has 0 aliphatic carbocycles. The molecule has 0 aliphatic heterocycles. The fourth-order valence-corrected chi connectivity index (χ4v) is 2.31. The molecule has 0 saturated heterocycles. The molecule has 0 bridgehead atoms. The monoisotopic (exact) mass is 345 g/mol. The van der Waals surface area contributed by atoms with Gasteiger partial charge >= 0.3 is 12.1 Å². The molecule has 0 saturated carbocycles. The van der Waals surface area contributed by atoms with Gasteiger partial charge in [0.1, 0.15) is 6.61 Å². The molecule has 7 nitrogen and oxygen atoms in total. The van der Waals surface area contributed by atoms with E-state index in [2.05, 4.69) is 10.4 Å². The molecule has 0 fully saturated rings. The number of alkyl carbamates (subject to hydrolysis) is 1. The number of aliphatic carboxylic acids is 1. The van der Waals surface area contributed by atoms with Gasteiger partial charge in [0.25, 0.3) is 0 Å². The van der Waals surface area contributed by atoms with Crippen molar-refractivity contribution in [1.29, 1.82) is 0 Å². The van der Waals surface area contributed by atoms with Gasteiger partial charge in [-0.25, -0.2) is 9.59 Å². The fourth-order valence-electron chi connectivity index (χ4n) is 2.31. The number of amides is 1. The standard InChI is InChI=1S/C18H23N3O4/c1-12(2)15-9-19-21(10-15)13(3)16(17(22)23)20-18(24)25-11-14-7-5-4-6-8-14/h4-10,12-13,16H,11H2,1-3H3,(H,20,24)(H,22,23). The fraction of sp³-hybridized carbons (Fsp3) is 0.389. The van der Waals surface area contributed by atoms with E-state index < -0.39 is 24.1 Å². The van der Waals surface area contributed by atoms with Gasteiger partial charge in [0.05, 0.1) is 12.2 Å². The SMILES string of the molecule is CC(C)c1cnn(C(C)C(NC(=O)OCc2ccccc2)C(=O)O)c1. The Kier molecular flexibility index (Phi) is 6.16. The first-order valence-corrected chi connectivity index (χ1v) is 8.12. The highest BCUT2D eigenvalue weighted by atomic mass is 16.5. The number of carboxylic acid groups (broad SMARTS) is 1. The van der Waals surface area contributed by atoms with E-state index in [0.717, 1.165) is 11.1 Å². The number of nitrogens with zero attached hydrogens (tertiary/aromatic N) is 2. The number of carbonyl (C=O) groups excluding carboxylic acids is 1. The van der Waals surface area contributed by atoms with Crippen molar-refractivity contribution in [2.45, 2.75) is 45.4 Å². The number of carboxylic acids is 1. The summed E-state index contributed by atoms with van der Waals surface area (Å²) >= 11 is 0. The zero-order valence-electron chi connectivity index (χ0n) is 14.5. The van der Waals surface area contributed by atoms with Gasteiger partial charge in [-0.15, -0.1) is 0 Å². The van der Waals surface area contributed by atoms with Crippen LogP contribution in [0.25, 0.3) is 0 Å². The molecular formula is C18H23N3O4. The normalized spacial score (nSPS) is 13.3. The molecule has 1 aromatic carbocycles. The van der Waals surface area contributed by atoms with Crippen LogP contribution < -0.4 is 5.32 Å². The molecule has 1 amide bonds. The molecule has 1 heterocycles. The number of carbonyl (C=O) groups is 2. The summed E-state index contributed by atoms with van der Waals surface area (Å²) in [6, 6.07) is 7.47. The van der Waals surface area contributed by atoms with Crippen molar-refractivity contribution in [2.24, 2.45) is 0 Å². The van der Waals surface area contributed by atoms with Crippen molar-refractivity contribution in [1.82, 2.24) is 15.1 Å². The predicted molar refractivity (Wildman–Crippen MR) is 92.2 cm³/mol. The largest absolute Gasteiger partial charge is 0.480 e. The van der Waals surface area contributed by atoms with E-state index in [-0.39, 0.29) is 12.5 Å². The number of nitrogens with one attached hydrogen (secondary N) is 1. The summed E-state index contributed by atoms with van der Waals surface area (Å²) in [4.78, 5) is 23.5. The first-order valence-electron chi connectivity index (χ1n) is 8.12. The molecule has 2 atom stereocenters. The lowest BCUT2D eigenvalue weighted by atomic mass is 10.1. The Morgan fingerprint density at radius 2 is 1.92 bits per heavy atom. The number of hydrogen-bond donors (Lipinski definition) is 2. The van der Waals surface area contributed by atoms with Crippen molar-refractivity contribution < 1.29 is 19.4 Å². The second kappa shape index (κ2) is 8.32. The van der Waals surface area contributed by atoms with Crippen LogP contribution in [-0.4, -0.2) is 33.0 Å². The lowest BCUT2D eigenvalue weighted by Crippen LogP contribution is -2.46. The minimum atomic E-state index is -1.15. The van der Waals surface area contributed by atoms with Crippen molar-refractivity contribution >= 4 is 12.1 Å². The number of benzene rings is 1. The van der Waals surface area contributed by atoms with Crippen LogP contribution in [0.3, 0.4) is 0 Å². The molecule has 2 rings (SSSR count). The Morgan fingerprint density at radius 3 is 2.48 bits per heavy atom. The van der Waals surface area contributed by atoms with E-state index in [1.165, 1.54) is 0 Å². The first kappa shape index (κ1) is 18.5. The van der Waals surface area contributed by atoms with Crippen molar-refractivity contribution in [2.75, 3.05) is 0 Å². The summed E-state index contributed by atoms with van der Waals surface area (Å²) in [6.07, 6.45) is 2.72. The summed E-state index contributed by atoms with van der Waals surface area (Å²) in [5, 5.41) is 16.0. The second-order valence-corrected chi connectivity index (χ2v) is 6.17. The smallest absolute Gasteiger partial charge is 0.408 e. The Hall–Kier alpha value is -2.83. The summed E-state index contributed by atoms with van der Waals surface area (Å²) in [5.74, 6) is -0.862. The van der Waals surface area contributed by atoms with Crippen LogP contribution in [-0.2, 0) is 16.1 Å². The van der Waals surface area contributed by atoms with Gasteiger partial charge in [0, 0.05) is 6.20 Å². The van der Waals surface area contributed by atoms with E-state index in [9.17, 15) is 14.7 Å². The van der Waals surface area contributed by atoms with Gasteiger partial charge in [-0.2, -0.15) is 5.10 Å². The van der Waals surface area contributed by atoms with Crippen LogP contribution in [0.5, 0.6) is 0 Å². The zero-order chi connectivity index (χ0) is 18.4. The molecule has 0 aliphatic rings.